The Morgan fingerprint density at radius 1 is 1.56 bits per heavy atom. The molecule has 88 valence electrons. The topological polar surface area (TPSA) is 64.3 Å². The maximum Gasteiger partial charge on any atom is 0.218 e. The zero-order valence-corrected chi connectivity index (χ0v) is 9.76. The summed E-state index contributed by atoms with van der Waals surface area (Å²) < 4.78 is 5.10. The second-order valence-electron chi connectivity index (χ2n) is 4.26. The largest absolute Gasteiger partial charge is 0.481 e. The summed E-state index contributed by atoms with van der Waals surface area (Å²) in [7, 11) is 1.61. The van der Waals surface area contributed by atoms with Crippen molar-refractivity contribution < 1.29 is 4.74 Å². The molecular formula is C11H18N4O. The minimum atomic E-state index is 0.480. The monoisotopic (exact) mass is 222 g/mol. The molecule has 0 bridgehead atoms. The van der Waals surface area contributed by atoms with Crippen molar-refractivity contribution in [3.05, 3.63) is 12.4 Å². The van der Waals surface area contributed by atoms with Gasteiger partial charge in [0, 0.05) is 18.7 Å². The van der Waals surface area contributed by atoms with E-state index >= 15 is 0 Å². The summed E-state index contributed by atoms with van der Waals surface area (Å²) in [6.45, 7) is 3.91. The van der Waals surface area contributed by atoms with Gasteiger partial charge in [-0.3, -0.25) is 0 Å². The highest BCUT2D eigenvalue weighted by Crippen LogP contribution is 2.27. The van der Waals surface area contributed by atoms with Crippen molar-refractivity contribution in [3.8, 4) is 5.88 Å². The van der Waals surface area contributed by atoms with Crippen LogP contribution in [0, 0.1) is 5.92 Å². The van der Waals surface area contributed by atoms with Gasteiger partial charge in [0.2, 0.25) is 5.88 Å². The maximum atomic E-state index is 5.71. The molecule has 16 heavy (non-hydrogen) atoms. The molecular weight excluding hydrogens is 204 g/mol. The van der Waals surface area contributed by atoms with Crippen molar-refractivity contribution in [2.75, 3.05) is 25.1 Å². The predicted octanol–water partition coefficient (Wildman–Crippen LogP) is 0.659. The van der Waals surface area contributed by atoms with Crippen LogP contribution in [0.3, 0.4) is 0 Å². The number of rotatable bonds is 3. The van der Waals surface area contributed by atoms with E-state index in [2.05, 4.69) is 21.8 Å². The Bertz CT molecular complexity index is 358. The molecule has 1 aliphatic rings. The van der Waals surface area contributed by atoms with Crippen LogP contribution in [-0.4, -0.2) is 36.2 Å². The molecule has 0 aromatic carbocycles. The van der Waals surface area contributed by atoms with Crippen molar-refractivity contribution in [1.29, 1.82) is 0 Å². The molecule has 2 atom stereocenters. The zero-order valence-electron chi connectivity index (χ0n) is 9.76. The van der Waals surface area contributed by atoms with Gasteiger partial charge in [0.05, 0.1) is 7.11 Å². The van der Waals surface area contributed by atoms with Gasteiger partial charge in [-0.2, -0.15) is 0 Å². The summed E-state index contributed by atoms with van der Waals surface area (Å²) >= 11 is 0. The summed E-state index contributed by atoms with van der Waals surface area (Å²) in [6, 6.07) is 2.35. The molecule has 1 aromatic heterocycles. The first-order valence-electron chi connectivity index (χ1n) is 5.57. The highest BCUT2D eigenvalue weighted by atomic mass is 16.5. The molecule has 1 saturated heterocycles. The molecule has 2 heterocycles. The first kappa shape index (κ1) is 11.1. The number of hydrogen-bond acceptors (Lipinski definition) is 5. The second kappa shape index (κ2) is 4.65. The normalized spacial score (nSPS) is 24.8. The van der Waals surface area contributed by atoms with Crippen LogP contribution in [0.4, 0.5) is 5.82 Å². The molecule has 2 unspecified atom stereocenters. The fourth-order valence-electron chi connectivity index (χ4n) is 2.23. The minimum Gasteiger partial charge on any atom is -0.481 e. The Morgan fingerprint density at radius 2 is 2.38 bits per heavy atom. The third-order valence-corrected chi connectivity index (χ3v) is 3.13. The highest BCUT2D eigenvalue weighted by molar-refractivity contribution is 5.43. The Labute approximate surface area is 95.6 Å². The van der Waals surface area contributed by atoms with Crippen molar-refractivity contribution in [2.45, 2.75) is 19.4 Å². The Kier molecular flexibility index (Phi) is 3.24. The van der Waals surface area contributed by atoms with E-state index < -0.39 is 0 Å². The number of nitrogens with zero attached hydrogens (tertiary/aromatic N) is 3. The Morgan fingerprint density at radius 3 is 3.00 bits per heavy atom. The van der Waals surface area contributed by atoms with Crippen molar-refractivity contribution in [3.63, 3.8) is 0 Å². The van der Waals surface area contributed by atoms with E-state index in [0.717, 1.165) is 25.3 Å². The van der Waals surface area contributed by atoms with E-state index in [1.54, 1.807) is 7.11 Å². The van der Waals surface area contributed by atoms with Gasteiger partial charge in [-0.15, -0.1) is 0 Å². The molecule has 1 aliphatic heterocycles. The van der Waals surface area contributed by atoms with Gasteiger partial charge in [0.15, 0.2) is 0 Å². The molecule has 1 fully saturated rings. The molecule has 5 nitrogen and oxygen atoms in total. The minimum absolute atomic E-state index is 0.480. The number of hydrogen-bond donors (Lipinski definition) is 1. The molecule has 0 amide bonds. The zero-order chi connectivity index (χ0) is 11.5. The van der Waals surface area contributed by atoms with Crippen LogP contribution in [0.5, 0.6) is 5.88 Å². The van der Waals surface area contributed by atoms with Gasteiger partial charge in [0.1, 0.15) is 12.1 Å². The molecule has 0 spiro atoms. The van der Waals surface area contributed by atoms with Crippen molar-refractivity contribution >= 4 is 5.82 Å². The molecule has 5 heteroatoms. The SMILES string of the molecule is COc1cc(N2CC(CN)CC2C)ncn1. The van der Waals surface area contributed by atoms with E-state index in [0.29, 0.717) is 17.8 Å². The highest BCUT2D eigenvalue weighted by Gasteiger charge is 2.29. The van der Waals surface area contributed by atoms with Gasteiger partial charge in [-0.1, -0.05) is 0 Å². The number of nitrogens with two attached hydrogens (primary N) is 1. The summed E-state index contributed by atoms with van der Waals surface area (Å²) in [4.78, 5) is 10.6. The Hall–Kier alpha value is -1.36. The fraction of sp³-hybridized carbons (Fsp3) is 0.636. The molecule has 1 aromatic rings. The quantitative estimate of drug-likeness (QED) is 0.814. The average Bonchev–Trinajstić information content (AvgIpc) is 2.71. The van der Waals surface area contributed by atoms with Crippen LogP contribution in [0.1, 0.15) is 13.3 Å². The van der Waals surface area contributed by atoms with Crippen molar-refractivity contribution in [2.24, 2.45) is 11.7 Å². The molecule has 0 aliphatic carbocycles. The van der Waals surface area contributed by atoms with Gasteiger partial charge >= 0.3 is 0 Å². The predicted molar refractivity (Wildman–Crippen MR) is 62.6 cm³/mol. The first-order valence-corrected chi connectivity index (χ1v) is 5.57. The van der Waals surface area contributed by atoms with E-state index in [4.69, 9.17) is 10.5 Å². The van der Waals surface area contributed by atoms with Crippen LogP contribution in [0.2, 0.25) is 0 Å². The van der Waals surface area contributed by atoms with Crippen LogP contribution in [0.25, 0.3) is 0 Å². The van der Waals surface area contributed by atoms with Gasteiger partial charge < -0.3 is 15.4 Å². The molecule has 0 saturated carbocycles. The first-order chi connectivity index (χ1) is 7.74. The van der Waals surface area contributed by atoms with E-state index in [9.17, 15) is 0 Å². The van der Waals surface area contributed by atoms with Crippen LogP contribution < -0.4 is 15.4 Å². The lowest BCUT2D eigenvalue weighted by Crippen LogP contribution is -2.28. The molecule has 0 radical (unpaired) electrons. The number of methoxy groups -OCH3 is 1. The lowest BCUT2D eigenvalue weighted by molar-refractivity contribution is 0.396. The summed E-state index contributed by atoms with van der Waals surface area (Å²) in [6.07, 6.45) is 2.67. The molecule has 2 rings (SSSR count). The summed E-state index contributed by atoms with van der Waals surface area (Å²) in [5, 5.41) is 0. The van der Waals surface area contributed by atoms with E-state index in [1.807, 2.05) is 6.07 Å². The van der Waals surface area contributed by atoms with Crippen molar-refractivity contribution in [1.82, 2.24) is 9.97 Å². The third kappa shape index (κ3) is 2.09. The standard InChI is InChI=1S/C11H18N4O/c1-8-3-9(5-12)6-15(8)10-4-11(16-2)14-7-13-10/h4,7-9H,3,5-6,12H2,1-2H3. The smallest absolute Gasteiger partial charge is 0.218 e. The fourth-order valence-corrected chi connectivity index (χ4v) is 2.23. The number of aromatic nitrogens is 2. The third-order valence-electron chi connectivity index (χ3n) is 3.13. The lowest BCUT2D eigenvalue weighted by Gasteiger charge is -2.22. The summed E-state index contributed by atoms with van der Waals surface area (Å²) in [5.74, 6) is 2.10. The summed E-state index contributed by atoms with van der Waals surface area (Å²) in [5.41, 5.74) is 5.71. The number of ether oxygens (including phenoxy) is 1. The lowest BCUT2D eigenvalue weighted by atomic mass is 10.1. The van der Waals surface area contributed by atoms with Crippen LogP contribution in [-0.2, 0) is 0 Å². The van der Waals surface area contributed by atoms with Gasteiger partial charge in [0.25, 0.3) is 0 Å². The van der Waals surface area contributed by atoms with Crippen LogP contribution in [0.15, 0.2) is 12.4 Å². The van der Waals surface area contributed by atoms with Crippen LogP contribution >= 0.6 is 0 Å². The average molecular weight is 222 g/mol. The second-order valence-corrected chi connectivity index (χ2v) is 4.26. The van der Waals surface area contributed by atoms with E-state index in [-0.39, 0.29) is 0 Å². The Balaban J connectivity index is 2.17. The number of anilines is 1. The van der Waals surface area contributed by atoms with Gasteiger partial charge in [-0.05, 0) is 25.8 Å². The molecule has 2 N–H and O–H groups in total. The van der Waals surface area contributed by atoms with Gasteiger partial charge in [-0.25, -0.2) is 9.97 Å². The maximum absolute atomic E-state index is 5.71. The van der Waals surface area contributed by atoms with E-state index in [1.165, 1.54) is 6.33 Å².